The van der Waals surface area contributed by atoms with Gasteiger partial charge < -0.3 is 13.9 Å². The van der Waals surface area contributed by atoms with Crippen molar-refractivity contribution in [3.8, 4) is 23.3 Å². The number of aromatic nitrogens is 5. The van der Waals surface area contributed by atoms with Crippen molar-refractivity contribution in [2.24, 2.45) is 5.84 Å². The second-order valence-corrected chi connectivity index (χ2v) is 4.81. The number of nitrogens with zero attached hydrogens (tertiary/aromatic N) is 6. The summed E-state index contributed by atoms with van der Waals surface area (Å²) < 4.78 is 10.1. The largest absolute Gasteiger partial charge is 0.459 e. The smallest absolute Gasteiger partial charge is 0.294 e. The van der Waals surface area contributed by atoms with Crippen LogP contribution >= 0.6 is 0 Å². The molecule has 0 spiro atoms. The van der Waals surface area contributed by atoms with E-state index in [0.717, 1.165) is 5.69 Å². The van der Waals surface area contributed by atoms with E-state index in [1.54, 1.807) is 17.1 Å². The standard InChI is InChI=1S/C9H5N5O2.C7H10N2/c1-2-6(15-3-1)9-13-8(14-16-9)7-11-4-10-5-12-7;1-9(8)7-5-3-2-4-6-7/h1-5H;2-6H,8H2,1H3. The average Bonchev–Trinajstić information content (AvgIpc) is 3.35. The fourth-order valence-electron chi connectivity index (χ4n) is 1.83. The van der Waals surface area contributed by atoms with Crippen LogP contribution in [0.2, 0.25) is 0 Å². The van der Waals surface area contributed by atoms with Gasteiger partial charge in [-0.3, -0.25) is 0 Å². The Bertz CT molecular complexity index is 877. The van der Waals surface area contributed by atoms with Crippen molar-refractivity contribution in [3.05, 3.63) is 61.4 Å². The molecule has 1 aromatic carbocycles. The summed E-state index contributed by atoms with van der Waals surface area (Å²) in [6.07, 6.45) is 4.26. The second kappa shape index (κ2) is 7.79. The van der Waals surface area contributed by atoms with Gasteiger partial charge in [-0.1, -0.05) is 23.4 Å². The van der Waals surface area contributed by atoms with Crippen molar-refractivity contribution in [2.45, 2.75) is 0 Å². The first-order valence-electron chi connectivity index (χ1n) is 7.27. The summed E-state index contributed by atoms with van der Waals surface area (Å²) >= 11 is 0. The van der Waals surface area contributed by atoms with Gasteiger partial charge in [0.2, 0.25) is 11.6 Å². The number of rotatable bonds is 3. The van der Waals surface area contributed by atoms with Crippen molar-refractivity contribution < 1.29 is 8.94 Å². The van der Waals surface area contributed by atoms with E-state index >= 15 is 0 Å². The van der Waals surface area contributed by atoms with E-state index in [9.17, 15) is 0 Å². The van der Waals surface area contributed by atoms with E-state index in [0.29, 0.717) is 23.3 Å². The van der Waals surface area contributed by atoms with Crippen LogP contribution in [-0.4, -0.2) is 32.1 Å². The van der Waals surface area contributed by atoms with Crippen LogP contribution in [0, 0.1) is 0 Å². The number of hydrogen-bond acceptors (Lipinski definition) is 9. The summed E-state index contributed by atoms with van der Waals surface area (Å²) in [4.78, 5) is 15.6. The van der Waals surface area contributed by atoms with Crippen LogP contribution in [0.4, 0.5) is 5.69 Å². The van der Waals surface area contributed by atoms with Gasteiger partial charge in [-0.25, -0.2) is 20.8 Å². The summed E-state index contributed by atoms with van der Waals surface area (Å²) in [7, 11) is 1.81. The molecule has 0 aliphatic rings. The van der Waals surface area contributed by atoms with Crippen LogP contribution in [0.15, 0.2) is 70.3 Å². The average molecular weight is 337 g/mol. The Balaban J connectivity index is 0.000000173. The van der Waals surface area contributed by atoms with Crippen molar-refractivity contribution in [1.29, 1.82) is 0 Å². The summed E-state index contributed by atoms with van der Waals surface area (Å²) in [5.74, 6) is 6.90. The molecule has 0 radical (unpaired) electrons. The lowest BCUT2D eigenvalue weighted by molar-refractivity contribution is 0.416. The molecule has 3 aromatic heterocycles. The summed E-state index contributed by atoms with van der Waals surface area (Å²) in [5.41, 5.74) is 1.03. The minimum atomic E-state index is 0.292. The Morgan fingerprint density at radius 1 is 0.960 bits per heavy atom. The van der Waals surface area contributed by atoms with Crippen LogP contribution in [0.25, 0.3) is 23.3 Å². The van der Waals surface area contributed by atoms with Gasteiger partial charge in [-0.05, 0) is 24.3 Å². The summed E-state index contributed by atoms with van der Waals surface area (Å²) in [5, 5.41) is 5.33. The molecule has 126 valence electrons. The van der Waals surface area contributed by atoms with Crippen LogP contribution < -0.4 is 10.9 Å². The normalized spacial score (nSPS) is 10.0. The Labute approximate surface area is 143 Å². The predicted molar refractivity (Wildman–Crippen MR) is 89.9 cm³/mol. The third kappa shape index (κ3) is 4.24. The highest BCUT2D eigenvalue weighted by Gasteiger charge is 2.13. The Morgan fingerprint density at radius 2 is 1.72 bits per heavy atom. The first kappa shape index (κ1) is 16.3. The molecule has 3 heterocycles. The minimum Gasteiger partial charge on any atom is -0.459 e. The number of hydrogen-bond donors (Lipinski definition) is 1. The quantitative estimate of drug-likeness (QED) is 0.443. The monoisotopic (exact) mass is 337 g/mol. The van der Waals surface area contributed by atoms with Crippen molar-refractivity contribution in [3.63, 3.8) is 0 Å². The molecule has 0 saturated heterocycles. The van der Waals surface area contributed by atoms with Gasteiger partial charge in [0.15, 0.2) is 5.76 Å². The van der Waals surface area contributed by atoms with Crippen molar-refractivity contribution in [1.82, 2.24) is 25.1 Å². The summed E-state index contributed by atoms with van der Waals surface area (Å²) in [6, 6.07) is 13.3. The van der Waals surface area contributed by atoms with E-state index in [1.807, 2.05) is 37.4 Å². The molecule has 9 heteroatoms. The lowest BCUT2D eigenvalue weighted by Gasteiger charge is -2.09. The highest BCUT2D eigenvalue weighted by Crippen LogP contribution is 2.19. The van der Waals surface area contributed by atoms with Crippen LogP contribution in [0.5, 0.6) is 0 Å². The molecule has 0 bridgehead atoms. The lowest BCUT2D eigenvalue weighted by atomic mass is 10.3. The van der Waals surface area contributed by atoms with Crippen molar-refractivity contribution in [2.75, 3.05) is 12.1 Å². The maximum absolute atomic E-state index is 5.45. The fraction of sp³-hybridized carbons (Fsp3) is 0.0625. The van der Waals surface area contributed by atoms with Gasteiger partial charge in [0.25, 0.3) is 5.89 Å². The number of anilines is 1. The van der Waals surface area contributed by atoms with Crippen LogP contribution in [0.1, 0.15) is 0 Å². The second-order valence-electron chi connectivity index (χ2n) is 4.81. The molecule has 0 unspecified atom stereocenters. The topological polar surface area (TPSA) is 120 Å². The van der Waals surface area contributed by atoms with Gasteiger partial charge in [-0.15, -0.1) is 0 Å². The van der Waals surface area contributed by atoms with Crippen molar-refractivity contribution >= 4 is 5.69 Å². The third-order valence-electron chi connectivity index (χ3n) is 3.01. The van der Waals surface area contributed by atoms with Gasteiger partial charge in [-0.2, -0.15) is 4.98 Å². The lowest BCUT2D eigenvalue weighted by Crippen LogP contribution is -2.24. The highest BCUT2D eigenvalue weighted by atomic mass is 16.5. The van der Waals surface area contributed by atoms with Crippen LogP contribution in [-0.2, 0) is 0 Å². The van der Waals surface area contributed by atoms with E-state index in [4.69, 9.17) is 14.8 Å². The van der Waals surface area contributed by atoms with Gasteiger partial charge in [0, 0.05) is 7.05 Å². The third-order valence-corrected chi connectivity index (χ3v) is 3.01. The Kier molecular flexibility index (Phi) is 5.07. The fourth-order valence-corrected chi connectivity index (χ4v) is 1.83. The van der Waals surface area contributed by atoms with E-state index in [2.05, 4.69) is 25.1 Å². The molecule has 0 aliphatic carbocycles. The first-order valence-corrected chi connectivity index (χ1v) is 7.27. The number of furan rings is 1. The molecule has 0 saturated carbocycles. The Morgan fingerprint density at radius 3 is 2.32 bits per heavy atom. The molecule has 25 heavy (non-hydrogen) atoms. The predicted octanol–water partition coefficient (Wildman–Crippen LogP) is 2.18. The molecule has 0 atom stereocenters. The van der Waals surface area contributed by atoms with Gasteiger partial charge >= 0.3 is 0 Å². The van der Waals surface area contributed by atoms with Crippen LogP contribution in [0.3, 0.4) is 0 Å². The number of hydrazine groups is 1. The zero-order valence-electron chi connectivity index (χ0n) is 13.4. The molecule has 0 amide bonds. The molecule has 4 rings (SSSR count). The molecule has 0 aliphatic heterocycles. The van der Waals surface area contributed by atoms with Gasteiger partial charge in [0.05, 0.1) is 12.0 Å². The minimum absolute atomic E-state index is 0.292. The van der Waals surface area contributed by atoms with E-state index in [1.165, 1.54) is 18.9 Å². The molecule has 0 fully saturated rings. The van der Waals surface area contributed by atoms with E-state index < -0.39 is 0 Å². The zero-order valence-corrected chi connectivity index (χ0v) is 13.4. The highest BCUT2D eigenvalue weighted by molar-refractivity contribution is 5.49. The number of nitrogens with two attached hydrogens (primary N) is 1. The van der Waals surface area contributed by atoms with E-state index in [-0.39, 0.29) is 0 Å². The molecular formula is C16H15N7O2. The maximum atomic E-state index is 5.45. The molecule has 2 N–H and O–H groups in total. The number of benzene rings is 1. The first-order chi connectivity index (χ1) is 12.2. The van der Waals surface area contributed by atoms with Gasteiger partial charge in [0.1, 0.15) is 12.7 Å². The zero-order chi connectivity index (χ0) is 17.5. The molecule has 9 nitrogen and oxygen atoms in total. The maximum Gasteiger partial charge on any atom is 0.294 e. The Hall–Kier alpha value is -3.59. The summed E-state index contributed by atoms with van der Waals surface area (Å²) in [6.45, 7) is 0. The molecule has 4 aromatic rings. The number of para-hydroxylation sites is 1. The SMILES string of the molecule is CN(N)c1ccccc1.c1coc(-c2nc(-c3ncncn3)no2)c1. The molecular weight excluding hydrogens is 322 g/mol.